The van der Waals surface area contributed by atoms with Gasteiger partial charge in [-0.1, -0.05) is 18.2 Å². The zero-order valence-corrected chi connectivity index (χ0v) is 15.5. The van der Waals surface area contributed by atoms with E-state index in [-0.39, 0.29) is 5.25 Å². The van der Waals surface area contributed by atoms with Crippen LogP contribution in [0.2, 0.25) is 0 Å². The Kier molecular flexibility index (Phi) is 6.74. The van der Waals surface area contributed by atoms with Crippen LogP contribution in [0.1, 0.15) is 48.0 Å². The van der Waals surface area contributed by atoms with Gasteiger partial charge in [0.1, 0.15) is 17.2 Å². The molecule has 23 heavy (non-hydrogen) atoms. The summed E-state index contributed by atoms with van der Waals surface area (Å²) in [4.78, 5) is 24.4. The molecule has 5 nitrogen and oxygen atoms in total. The molecular weight excluding hydrogens is 314 g/mol. The molecular formula is C17H27NO4S. The molecule has 130 valence electrons. The molecule has 0 aliphatic carbocycles. The van der Waals surface area contributed by atoms with Crippen molar-refractivity contribution in [1.82, 2.24) is 5.32 Å². The normalized spacial score (nSPS) is 19.1. The number of esters is 1. The van der Waals surface area contributed by atoms with Crippen LogP contribution in [-0.4, -0.2) is 34.6 Å². The number of ether oxygens (including phenoxy) is 2. The summed E-state index contributed by atoms with van der Waals surface area (Å²) >= 11 is 1.60. The van der Waals surface area contributed by atoms with Crippen molar-refractivity contribution in [2.45, 2.75) is 70.5 Å². The molecule has 6 heteroatoms. The molecule has 0 aromatic carbocycles. The SMILES string of the molecule is CC(C)(C)OC(=O)N[C@@H](CC1C=CC=CS1)C(=O)OC(C)(C)C. The number of carbonyl (C=O) groups is 2. The smallest absolute Gasteiger partial charge is 0.408 e. The molecule has 2 atom stereocenters. The lowest BCUT2D eigenvalue weighted by atomic mass is 10.1. The van der Waals surface area contributed by atoms with Crippen LogP contribution in [0.15, 0.2) is 23.6 Å². The van der Waals surface area contributed by atoms with Crippen molar-refractivity contribution < 1.29 is 19.1 Å². The molecule has 1 amide bonds. The van der Waals surface area contributed by atoms with Crippen LogP contribution >= 0.6 is 11.8 Å². The summed E-state index contributed by atoms with van der Waals surface area (Å²) in [6, 6.07) is -0.752. The number of hydrogen-bond donors (Lipinski definition) is 1. The maximum absolute atomic E-state index is 12.4. The second-order valence-electron chi connectivity index (χ2n) is 7.36. The highest BCUT2D eigenvalue weighted by Crippen LogP contribution is 2.24. The van der Waals surface area contributed by atoms with Gasteiger partial charge in [-0.25, -0.2) is 9.59 Å². The summed E-state index contributed by atoms with van der Waals surface area (Å²) in [5.41, 5.74) is -1.23. The lowest BCUT2D eigenvalue weighted by Crippen LogP contribution is -2.47. The van der Waals surface area contributed by atoms with Crippen LogP contribution in [-0.2, 0) is 14.3 Å². The second kappa shape index (κ2) is 7.90. The fourth-order valence-corrected chi connectivity index (χ4v) is 2.70. The summed E-state index contributed by atoms with van der Waals surface area (Å²) in [6.45, 7) is 10.7. The van der Waals surface area contributed by atoms with E-state index in [2.05, 4.69) is 5.32 Å². The van der Waals surface area contributed by atoms with Gasteiger partial charge in [0.05, 0.1) is 0 Å². The number of hydrogen-bond acceptors (Lipinski definition) is 5. The van der Waals surface area contributed by atoms with E-state index in [1.807, 2.05) is 23.6 Å². The summed E-state index contributed by atoms with van der Waals surface area (Å²) in [7, 11) is 0. The third-order valence-electron chi connectivity index (χ3n) is 2.62. The Labute approximate surface area is 142 Å². The van der Waals surface area contributed by atoms with Gasteiger partial charge >= 0.3 is 12.1 Å². The summed E-state index contributed by atoms with van der Waals surface area (Å²) in [5.74, 6) is -0.452. The Morgan fingerprint density at radius 1 is 1.09 bits per heavy atom. The summed E-state index contributed by atoms with van der Waals surface area (Å²) < 4.78 is 10.7. The van der Waals surface area contributed by atoms with Crippen molar-refractivity contribution in [3.63, 3.8) is 0 Å². The first-order valence-electron chi connectivity index (χ1n) is 7.67. The van der Waals surface area contributed by atoms with Crippen molar-refractivity contribution in [3.8, 4) is 0 Å². The largest absolute Gasteiger partial charge is 0.458 e. The van der Waals surface area contributed by atoms with E-state index in [1.54, 1.807) is 53.3 Å². The minimum atomic E-state index is -0.752. The average Bonchev–Trinajstić information content (AvgIpc) is 2.34. The standard InChI is InChI=1S/C17H27NO4S/c1-16(2,3)21-14(19)13(11-12-9-7-8-10-23-12)18-15(20)22-17(4,5)6/h7-10,12-13H,11H2,1-6H3,(H,18,20)/t12?,13-/m0/s1. The van der Waals surface area contributed by atoms with Crippen LogP contribution < -0.4 is 5.32 Å². The highest BCUT2D eigenvalue weighted by Gasteiger charge is 2.30. The number of allylic oxidation sites excluding steroid dienone is 2. The molecule has 1 unspecified atom stereocenters. The van der Waals surface area contributed by atoms with E-state index in [9.17, 15) is 9.59 Å². The maximum atomic E-state index is 12.4. The first-order valence-corrected chi connectivity index (χ1v) is 8.62. The minimum absolute atomic E-state index is 0.104. The molecule has 1 aliphatic rings. The van der Waals surface area contributed by atoms with Gasteiger partial charge in [0.15, 0.2) is 0 Å². The van der Waals surface area contributed by atoms with Crippen molar-refractivity contribution in [2.75, 3.05) is 0 Å². The van der Waals surface area contributed by atoms with Crippen LogP contribution in [0, 0.1) is 0 Å². The number of alkyl carbamates (subject to hydrolysis) is 1. The molecule has 1 N–H and O–H groups in total. The van der Waals surface area contributed by atoms with E-state index in [0.717, 1.165) is 0 Å². The fraction of sp³-hybridized carbons (Fsp3) is 0.647. The molecule has 0 saturated heterocycles. The highest BCUT2D eigenvalue weighted by atomic mass is 32.2. The van der Waals surface area contributed by atoms with Gasteiger partial charge in [-0.15, -0.1) is 11.8 Å². The minimum Gasteiger partial charge on any atom is -0.458 e. The van der Waals surface area contributed by atoms with Crippen molar-refractivity contribution in [1.29, 1.82) is 0 Å². The number of thioether (sulfide) groups is 1. The van der Waals surface area contributed by atoms with Crippen molar-refractivity contribution in [3.05, 3.63) is 23.6 Å². The van der Waals surface area contributed by atoms with Gasteiger partial charge in [0, 0.05) is 5.25 Å². The quantitative estimate of drug-likeness (QED) is 0.788. The fourth-order valence-electron chi connectivity index (χ4n) is 1.83. The third-order valence-corrected chi connectivity index (χ3v) is 3.63. The van der Waals surface area contributed by atoms with E-state index in [1.165, 1.54) is 0 Å². The molecule has 0 fully saturated rings. The summed E-state index contributed by atoms with van der Waals surface area (Å²) in [5, 5.41) is 4.70. The van der Waals surface area contributed by atoms with E-state index >= 15 is 0 Å². The van der Waals surface area contributed by atoms with E-state index in [4.69, 9.17) is 9.47 Å². The van der Waals surface area contributed by atoms with Crippen molar-refractivity contribution in [2.24, 2.45) is 0 Å². The molecule has 0 saturated carbocycles. The molecule has 0 aromatic rings. The lowest BCUT2D eigenvalue weighted by molar-refractivity contribution is -0.157. The van der Waals surface area contributed by atoms with Crippen LogP contribution in [0.3, 0.4) is 0 Å². The first-order chi connectivity index (χ1) is 10.5. The second-order valence-corrected chi connectivity index (χ2v) is 8.51. The Morgan fingerprint density at radius 3 is 2.17 bits per heavy atom. The number of carbonyl (C=O) groups excluding carboxylic acids is 2. The van der Waals surface area contributed by atoms with Crippen LogP contribution in [0.5, 0.6) is 0 Å². The molecule has 0 aromatic heterocycles. The van der Waals surface area contributed by atoms with Gasteiger partial charge in [-0.05, 0) is 53.4 Å². The van der Waals surface area contributed by atoms with Gasteiger partial charge in [-0.2, -0.15) is 0 Å². The first kappa shape index (κ1) is 19.6. The van der Waals surface area contributed by atoms with E-state index in [0.29, 0.717) is 6.42 Å². The predicted octanol–water partition coefficient (Wildman–Crippen LogP) is 3.80. The molecule has 0 spiro atoms. The van der Waals surface area contributed by atoms with E-state index < -0.39 is 29.3 Å². The molecule has 0 radical (unpaired) electrons. The maximum Gasteiger partial charge on any atom is 0.408 e. The molecule has 0 bridgehead atoms. The van der Waals surface area contributed by atoms with Crippen molar-refractivity contribution >= 4 is 23.8 Å². The van der Waals surface area contributed by atoms with Gasteiger partial charge in [-0.3, -0.25) is 0 Å². The van der Waals surface area contributed by atoms with Crippen LogP contribution in [0.4, 0.5) is 4.79 Å². The summed E-state index contributed by atoms with van der Waals surface area (Å²) in [6.07, 6.45) is 5.69. The number of rotatable bonds is 4. The van der Waals surface area contributed by atoms with Crippen LogP contribution in [0.25, 0.3) is 0 Å². The zero-order valence-electron chi connectivity index (χ0n) is 14.7. The van der Waals surface area contributed by atoms with Gasteiger partial charge < -0.3 is 14.8 Å². The van der Waals surface area contributed by atoms with Gasteiger partial charge in [0.2, 0.25) is 0 Å². The number of amides is 1. The Bertz CT molecular complexity index is 486. The molecule has 1 heterocycles. The predicted molar refractivity (Wildman–Crippen MR) is 93.3 cm³/mol. The number of nitrogens with one attached hydrogen (secondary N) is 1. The Morgan fingerprint density at radius 2 is 1.70 bits per heavy atom. The molecule has 1 aliphatic heterocycles. The molecule has 1 rings (SSSR count). The highest BCUT2D eigenvalue weighted by molar-refractivity contribution is 8.02. The zero-order chi connectivity index (χ0) is 17.7. The topological polar surface area (TPSA) is 64.6 Å². The third kappa shape index (κ3) is 8.69. The average molecular weight is 341 g/mol. The Hall–Kier alpha value is -1.43. The lowest BCUT2D eigenvalue weighted by Gasteiger charge is -2.27. The Balaban J connectivity index is 2.74. The van der Waals surface area contributed by atoms with Gasteiger partial charge in [0.25, 0.3) is 0 Å². The monoisotopic (exact) mass is 341 g/mol.